The van der Waals surface area contributed by atoms with E-state index >= 15 is 0 Å². The van der Waals surface area contributed by atoms with E-state index < -0.39 is 0 Å². The molecule has 0 spiro atoms. The Kier molecular flexibility index (Phi) is 6.10. The zero-order valence-electron chi connectivity index (χ0n) is 16.0. The third-order valence-electron chi connectivity index (χ3n) is 5.95. The van der Waals surface area contributed by atoms with Crippen molar-refractivity contribution in [2.45, 2.75) is 59.4 Å². The van der Waals surface area contributed by atoms with Gasteiger partial charge in [0.2, 0.25) is 5.91 Å². The molecule has 1 N–H and O–H groups in total. The number of nitrogens with one attached hydrogen (secondary N) is 1. The van der Waals surface area contributed by atoms with Gasteiger partial charge in [0.25, 0.3) is 0 Å². The minimum Gasteiger partial charge on any atom is -0.342 e. The second-order valence-electron chi connectivity index (χ2n) is 8.01. The lowest BCUT2D eigenvalue weighted by Gasteiger charge is -2.35. The van der Waals surface area contributed by atoms with Gasteiger partial charge in [0.15, 0.2) is 0 Å². The molecule has 2 aliphatic rings. The van der Waals surface area contributed by atoms with Crippen molar-refractivity contribution in [3.05, 3.63) is 11.6 Å². The number of amides is 1. The first-order valence-corrected chi connectivity index (χ1v) is 9.89. The van der Waals surface area contributed by atoms with E-state index in [1.165, 1.54) is 19.3 Å². The Morgan fingerprint density at radius 2 is 2.04 bits per heavy atom. The molecule has 2 fully saturated rings. The van der Waals surface area contributed by atoms with Gasteiger partial charge in [-0.2, -0.15) is 5.10 Å². The number of carbonyl (C=O) groups excluding carboxylic acids is 1. The molecule has 3 heterocycles. The Morgan fingerprint density at radius 1 is 1.28 bits per heavy atom. The van der Waals surface area contributed by atoms with Gasteiger partial charge < -0.3 is 10.2 Å². The zero-order valence-corrected chi connectivity index (χ0v) is 16.0. The van der Waals surface area contributed by atoms with Crippen LogP contribution in [0, 0.1) is 31.6 Å². The third kappa shape index (κ3) is 4.81. The van der Waals surface area contributed by atoms with Gasteiger partial charge in [-0.3, -0.25) is 4.79 Å². The summed E-state index contributed by atoms with van der Waals surface area (Å²) in [7, 11) is 0. The van der Waals surface area contributed by atoms with Crippen molar-refractivity contribution >= 4 is 5.91 Å². The van der Waals surface area contributed by atoms with Crippen molar-refractivity contribution < 1.29 is 4.79 Å². The molecule has 0 radical (unpaired) electrons. The van der Waals surface area contributed by atoms with Crippen LogP contribution < -0.4 is 5.32 Å². The van der Waals surface area contributed by atoms with Crippen LogP contribution in [0.2, 0.25) is 0 Å². The first kappa shape index (κ1) is 18.4. The van der Waals surface area contributed by atoms with Crippen molar-refractivity contribution in [2.24, 2.45) is 17.8 Å². The van der Waals surface area contributed by atoms with Gasteiger partial charge in [0.05, 0.1) is 0 Å². The van der Waals surface area contributed by atoms with E-state index in [0.29, 0.717) is 30.1 Å². The van der Waals surface area contributed by atoms with Crippen LogP contribution in [0.3, 0.4) is 0 Å². The average molecular weight is 348 g/mol. The second kappa shape index (κ2) is 8.30. The highest BCUT2D eigenvalue weighted by atomic mass is 16.2. The van der Waals surface area contributed by atoms with E-state index in [-0.39, 0.29) is 0 Å². The van der Waals surface area contributed by atoms with E-state index in [4.69, 9.17) is 0 Å². The van der Waals surface area contributed by atoms with Gasteiger partial charge in [0, 0.05) is 26.1 Å². The number of hydrogen-bond acceptors (Lipinski definition) is 4. The highest BCUT2D eigenvalue weighted by molar-refractivity contribution is 5.76. The smallest absolute Gasteiger partial charge is 0.222 e. The predicted molar refractivity (Wildman–Crippen MR) is 98.2 cm³/mol. The number of likely N-dealkylation sites (tertiary alicyclic amines) is 1. The minimum absolute atomic E-state index is 0.349. The molecular weight excluding hydrogens is 314 g/mol. The number of aryl methyl sites for hydroxylation is 2. The molecule has 2 saturated heterocycles. The fourth-order valence-electron chi connectivity index (χ4n) is 4.40. The summed E-state index contributed by atoms with van der Waals surface area (Å²) in [5.74, 6) is 3.84. The van der Waals surface area contributed by atoms with E-state index in [1.807, 2.05) is 18.5 Å². The van der Waals surface area contributed by atoms with Crippen molar-refractivity contribution in [1.82, 2.24) is 25.0 Å². The van der Waals surface area contributed by atoms with E-state index in [1.54, 1.807) is 0 Å². The van der Waals surface area contributed by atoms with Crippen LogP contribution in [0.25, 0.3) is 0 Å². The summed E-state index contributed by atoms with van der Waals surface area (Å²) in [4.78, 5) is 19.3. The Bertz CT molecular complexity index is 578. The summed E-state index contributed by atoms with van der Waals surface area (Å²) in [6.07, 6.45) is 5.40. The monoisotopic (exact) mass is 347 g/mol. The fourth-order valence-corrected chi connectivity index (χ4v) is 4.40. The molecule has 25 heavy (non-hydrogen) atoms. The molecule has 0 aliphatic carbocycles. The molecule has 3 rings (SSSR count). The molecule has 6 heteroatoms. The Morgan fingerprint density at radius 3 is 2.72 bits per heavy atom. The normalized spacial score (nSPS) is 23.6. The summed E-state index contributed by atoms with van der Waals surface area (Å²) in [5, 5.41) is 7.89. The summed E-state index contributed by atoms with van der Waals surface area (Å²) in [5.41, 5.74) is 0. The topological polar surface area (TPSA) is 63.1 Å². The Hall–Kier alpha value is -1.43. The summed E-state index contributed by atoms with van der Waals surface area (Å²) in [6, 6.07) is 0. The standard InChI is InChI=1S/C19H33N5O/c1-14(18-6-8-20-9-7-18)11-19(25)23-10-4-5-17(12-23)13-24-16(3)21-15(2)22-24/h14,17-18,20H,4-13H2,1-3H3. The molecule has 2 aliphatic heterocycles. The fraction of sp³-hybridized carbons (Fsp3) is 0.842. The molecule has 2 atom stereocenters. The van der Waals surface area contributed by atoms with Crippen LogP contribution >= 0.6 is 0 Å². The number of piperidine rings is 2. The first-order chi connectivity index (χ1) is 12.0. The van der Waals surface area contributed by atoms with E-state index in [2.05, 4.69) is 27.2 Å². The number of aromatic nitrogens is 3. The molecule has 6 nitrogen and oxygen atoms in total. The van der Waals surface area contributed by atoms with Gasteiger partial charge in [-0.25, -0.2) is 9.67 Å². The third-order valence-corrected chi connectivity index (χ3v) is 5.95. The van der Waals surface area contributed by atoms with Crippen LogP contribution in [-0.4, -0.2) is 51.8 Å². The Balaban J connectivity index is 1.51. The van der Waals surface area contributed by atoms with Crippen LogP contribution in [0.5, 0.6) is 0 Å². The maximum absolute atomic E-state index is 12.8. The maximum atomic E-state index is 12.8. The predicted octanol–water partition coefficient (Wildman–Crippen LogP) is 2.16. The lowest BCUT2D eigenvalue weighted by molar-refractivity contribution is -0.134. The van der Waals surface area contributed by atoms with Crippen LogP contribution in [0.15, 0.2) is 0 Å². The highest BCUT2D eigenvalue weighted by Crippen LogP contribution is 2.26. The maximum Gasteiger partial charge on any atom is 0.222 e. The number of carbonyl (C=O) groups is 1. The Labute approximate surface area is 151 Å². The number of rotatable bonds is 5. The lowest BCUT2D eigenvalue weighted by atomic mass is 9.83. The molecule has 0 aromatic carbocycles. The molecule has 0 bridgehead atoms. The largest absolute Gasteiger partial charge is 0.342 e. The second-order valence-corrected chi connectivity index (χ2v) is 8.01. The average Bonchev–Trinajstić information content (AvgIpc) is 2.93. The first-order valence-electron chi connectivity index (χ1n) is 9.89. The van der Waals surface area contributed by atoms with Gasteiger partial charge >= 0.3 is 0 Å². The van der Waals surface area contributed by atoms with Gasteiger partial charge in [-0.1, -0.05) is 6.92 Å². The number of nitrogens with zero attached hydrogens (tertiary/aromatic N) is 4. The quantitative estimate of drug-likeness (QED) is 0.886. The molecule has 1 amide bonds. The van der Waals surface area contributed by atoms with Crippen molar-refractivity contribution in [1.29, 1.82) is 0 Å². The molecular formula is C19H33N5O. The SMILES string of the molecule is Cc1nc(C)n(CC2CCCN(C(=O)CC(C)C3CCNCC3)C2)n1. The molecule has 1 aromatic heterocycles. The number of hydrogen-bond donors (Lipinski definition) is 1. The molecule has 0 saturated carbocycles. The van der Waals surface area contributed by atoms with E-state index in [9.17, 15) is 4.79 Å². The van der Waals surface area contributed by atoms with Crippen molar-refractivity contribution in [2.75, 3.05) is 26.2 Å². The highest BCUT2D eigenvalue weighted by Gasteiger charge is 2.28. The van der Waals surface area contributed by atoms with Crippen LogP contribution in [0.4, 0.5) is 0 Å². The minimum atomic E-state index is 0.349. The summed E-state index contributed by atoms with van der Waals surface area (Å²) in [6.45, 7) is 11.1. The van der Waals surface area contributed by atoms with E-state index in [0.717, 1.165) is 50.8 Å². The van der Waals surface area contributed by atoms with Crippen LogP contribution in [0.1, 0.15) is 50.7 Å². The van der Waals surface area contributed by atoms with Crippen molar-refractivity contribution in [3.8, 4) is 0 Å². The van der Waals surface area contributed by atoms with Gasteiger partial charge in [0.1, 0.15) is 11.6 Å². The lowest BCUT2D eigenvalue weighted by Crippen LogP contribution is -2.42. The molecule has 1 aromatic rings. The van der Waals surface area contributed by atoms with Gasteiger partial charge in [-0.05, 0) is 70.4 Å². The molecule has 2 unspecified atom stereocenters. The zero-order chi connectivity index (χ0) is 17.8. The molecule has 140 valence electrons. The van der Waals surface area contributed by atoms with Crippen molar-refractivity contribution in [3.63, 3.8) is 0 Å². The van der Waals surface area contributed by atoms with Gasteiger partial charge in [-0.15, -0.1) is 0 Å². The van der Waals surface area contributed by atoms with Crippen LogP contribution in [-0.2, 0) is 11.3 Å². The summed E-state index contributed by atoms with van der Waals surface area (Å²) < 4.78 is 2.01. The summed E-state index contributed by atoms with van der Waals surface area (Å²) >= 11 is 0.